The number of ether oxygens (including phenoxy) is 1. The molecular formula is C16H24O3S. The number of sulfone groups is 1. The molecule has 0 aliphatic carbocycles. The van der Waals surface area contributed by atoms with Gasteiger partial charge in [0.05, 0.1) is 15.7 Å². The van der Waals surface area contributed by atoms with Crippen LogP contribution in [0.1, 0.15) is 53.2 Å². The lowest BCUT2D eigenvalue weighted by molar-refractivity contribution is 0.187. The van der Waals surface area contributed by atoms with E-state index in [0.29, 0.717) is 4.90 Å². The molecule has 1 saturated heterocycles. The number of epoxide rings is 1. The van der Waals surface area contributed by atoms with Gasteiger partial charge in [0.15, 0.2) is 9.84 Å². The van der Waals surface area contributed by atoms with E-state index in [1.54, 1.807) is 12.1 Å². The Hall–Kier alpha value is -0.870. The molecule has 3 rings (SSSR count). The summed E-state index contributed by atoms with van der Waals surface area (Å²) in [6, 6.07) is 7.22. The summed E-state index contributed by atoms with van der Waals surface area (Å²) in [4.78, 5) is 0.438. The van der Waals surface area contributed by atoms with Gasteiger partial charge in [0.2, 0.25) is 0 Å². The Morgan fingerprint density at radius 2 is 1.60 bits per heavy atom. The molecule has 0 amide bonds. The van der Waals surface area contributed by atoms with Gasteiger partial charge in [0.1, 0.15) is 6.10 Å². The van der Waals surface area contributed by atoms with Crippen LogP contribution in [0.15, 0.2) is 29.2 Å². The third kappa shape index (κ3) is 1.77. The lowest BCUT2D eigenvalue weighted by Gasteiger charge is -2.39. The summed E-state index contributed by atoms with van der Waals surface area (Å²) in [6.07, 6.45) is -0.0707. The van der Waals surface area contributed by atoms with Crippen LogP contribution in [0, 0.1) is 5.41 Å². The van der Waals surface area contributed by atoms with Crippen LogP contribution in [0.2, 0.25) is 0 Å². The maximum atomic E-state index is 12.9. The zero-order chi connectivity index (χ0) is 15.3. The summed E-state index contributed by atoms with van der Waals surface area (Å²) in [5.41, 5.74) is 0.413. The zero-order valence-corrected chi connectivity index (χ0v) is 13.9. The third-order valence-electron chi connectivity index (χ3n) is 4.94. The van der Waals surface area contributed by atoms with Crippen LogP contribution < -0.4 is 0 Å². The standard InChI is InChI=1S/C14H18O3S.C2H6/c1-13(2)12-11(17-12)9-7-5-6-8-10(9)18(15,16)14(13,3)4;1-2/h5-8,11-12H,1-4H3;1-2H3. The molecule has 1 aromatic rings. The van der Waals surface area contributed by atoms with E-state index in [4.69, 9.17) is 4.74 Å². The van der Waals surface area contributed by atoms with Gasteiger partial charge >= 0.3 is 0 Å². The highest BCUT2D eigenvalue weighted by Crippen LogP contribution is 2.60. The fraction of sp³-hybridized carbons (Fsp3) is 0.625. The highest BCUT2D eigenvalue weighted by molar-refractivity contribution is 7.93. The first-order valence-electron chi connectivity index (χ1n) is 7.20. The first kappa shape index (κ1) is 15.5. The Balaban J connectivity index is 0.000000704. The Morgan fingerprint density at radius 1 is 1.05 bits per heavy atom. The maximum Gasteiger partial charge on any atom is 0.184 e. The average molecular weight is 296 g/mol. The second-order valence-electron chi connectivity index (χ2n) is 6.25. The van der Waals surface area contributed by atoms with Gasteiger partial charge in [-0.05, 0) is 19.9 Å². The molecule has 2 heterocycles. The second-order valence-corrected chi connectivity index (χ2v) is 8.72. The predicted octanol–water partition coefficient (Wildman–Crippen LogP) is 3.74. The van der Waals surface area contributed by atoms with E-state index in [-0.39, 0.29) is 12.2 Å². The minimum absolute atomic E-state index is 0.00840. The van der Waals surface area contributed by atoms with Crippen molar-refractivity contribution in [1.29, 1.82) is 0 Å². The highest BCUT2D eigenvalue weighted by atomic mass is 32.2. The summed E-state index contributed by atoms with van der Waals surface area (Å²) >= 11 is 0. The van der Waals surface area contributed by atoms with Crippen molar-refractivity contribution < 1.29 is 13.2 Å². The molecule has 1 aromatic carbocycles. The molecule has 2 atom stereocenters. The van der Waals surface area contributed by atoms with Crippen molar-refractivity contribution in [2.24, 2.45) is 5.41 Å². The van der Waals surface area contributed by atoms with Gasteiger partial charge in [0, 0.05) is 11.0 Å². The summed E-state index contributed by atoms with van der Waals surface area (Å²) in [6.45, 7) is 11.6. The summed E-state index contributed by atoms with van der Waals surface area (Å²) < 4.78 is 30.7. The van der Waals surface area contributed by atoms with E-state index in [2.05, 4.69) is 0 Å². The van der Waals surface area contributed by atoms with Gasteiger partial charge in [-0.15, -0.1) is 0 Å². The molecule has 20 heavy (non-hydrogen) atoms. The molecule has 2 unspecified atom stereocenters. The van der Waals surface area contributed by atoms with Gasteiger partial charge in [-0.3, -0.25) is 0 Å². The molecular weight excluding hydrogens is 272 g/mol. The van der Waals surface area contributed by atoms with Crippen molar-refractivity contribution in [3.05, 3.63) is 29.8 Å². The van der Waals surface area contributed by atoms with Crippen molar-refractivity contribution in [3.63, 3.8) is 0 Å². The number of fused-ring (bicyclic) bond motifs is 3. The van der Waals surface area contributed by atoms with Crippen molar-refractivity contribution in [3.8, 4) is 0 Å². The van der Waals surface area contributed by atoms with E-state index >= 15 is 0 Å². The Labute approximate surface area is 122 Å². The normalized spacial score (nSPS) is 30.9. The second kappa shape index (κ2) is 4.57. The van der Waals surface area contributed by atoms with Crippen LogP contribution in [0.25, 0.3) is 0 Å². The largest absolute Gasteiger partial charge is 0.364 e. The van der Waals surface area contributed by atoms with Gasteiger partial charge in [-0.1, -0.05) is 45.9 Å². The minimum atomic E-state index is -3.35. The number of hydrogen-bond acceptors (Lipinski definition) is 3. The molecule has 0 aromatic heterocycles. The van der Waals surface area contributed by atoms with Gasteiger partial charge in [-0.25, -0.2) is 8.42 Å². The van der Waals surface area contributed by atoms with Crippen molar-refractivity contribution in [2.75, 3.05) is 0 Å². The summed E-state index contributed by atoms with van der Waals surface area (Å²) in [7, 11) is -3.35. The fourth-order valence-corrected chi connectivity index (χ4v) is 4.93. The van der Waals surface area contributed by atoms with E-state index in [9.17, 15) is 8.42 Å². The average Bonchev–Trinajstić information content (AvgIpc) is 3.21. The lowest BCUT2D eigenvalue weighted by Crippen LogP contribution is -2.48. The quantitative estimate of drug-likeness (QED) is 0.685. The number of benzene rings is 1. The van der Waals surface area contributed by atoms with E-state index < -0.39 is 20.0 Å². The first-order chi connectivity index (χ1) is 9.21. The van der Waals surface area contributed by atoms with Gasteiger partial charge in [0.25, 0.3) is 0 Å². The molecule has 0 spiro atoms. The topological polar surface area (TPSA) is 46.7 Å². The molecule has 0 N–H and O–H groups in total. The summed E-state index contributed by atoms with van der Waals surface area (Å²) in [5.74, 6) is 0. The zero-order valence-electron chi connectivity index (χ0n) is 13.1. The molecule has 0 saturated carbocycles. The van der Waals surface area contributed by atoms with E-state index in [1.165, 1.54) is 0 Å². The van der Waals surface area contributed by atoms with Crippen LogP contribution in [-0.2, 0) is 14.6 Å². The maximum absolute atomic E-state index is 12.9. The van der Waals surface area contributed by atoms with Crippen LogP contribution in [0.4, 0.5) is 0 Å². The summed E-state index contributed by atoms with van der Waals surface area (Å²) in [5, 5.41) is 0. The molecule has 2 aliphatic heterocycles. The Morgan fingerprint density at radius 3 is 2.20 bits per heavy atom. The van der Waals surface area contributed by atoms with Crippen LogP contribution in [-0.4, -0.2) is 19.3 Å². The van der Waals surface area contributed by atoms with E-state index in [0.717, 1.165) is 5.56 Å². The lowest BCUT2D eigenvalue weighted by atomic mass is 9.76. The predicted molar refractivity (Wildman–Crippen MR) is 80.4 cm³/mol. The van der Waals surface area contributed by atoms with E-state index in [1.807, 2.05) is 53.7 Å². The number of rotatable bonds is 0. The Kier molecular flexibility index (Phi) is 3.54. The minimum Gasteiger partial charge on any atom is -0.364 e. The van der Waals surface area contributed by atoms with Crippen molar-refractivity contribution in [2.45, 2.75) is 63.4 Å². The Bertz CT molecular complexity index is 614. The molecule has 0 radical (unpaired) electrons. The van der Waals surface area contributed by atoms with Crippen molar-refractivity contribution in [1.82, 2.24) is 0 Å². The number of hydrogen-bond donors (Lipinski definition) is 0. The van der Waals surface area contributed by atoms with Crippen LogP contribution >= 0.6 is 0 Å². The molecule has 0 bridgehead atoms. The van der Waals surface area contributed by atoms with Crippen molar-refractivity contribution >= 4 is 9.84 Å². The molecule has 4 heteroatoms. The molecule has 3 nitrogen and oxygen atoms in total. The molecule has 1 fully saturated rings. The van der Waals surface area contributed by atoms with Crippen LogP contribution in [0.3, 0.4) is 0 Å². The third-order valence-corrected chi connectivity index (χ3v) is 7.76. The molecule has 112 valence electrons. The smallest absolute Gasteiger partial charge is 0.184 e. The first-order valence-corrected chi connectivity index (χ1v) is 8.68. The van der Waals surface area contributed by atoms with Gasteiger partial charge < -0.3 is 4.74 Å². The fourth-order valence-electron chi connectivity index (χ4n) is 2.82. The van der Waals surface area contributed by atoms with Crippen LogP contribution in [0.5, 0.6) is 0 Å². The monoisotopic (exact) mass is 296 g/mol. The highest BCUT2D eigenvalue weighted by Gasteiger charge is 2.64. The molecule has 2 aliphatic rings. The SMILES string of the molecule is CC.CC1(C)C2OC2c2ccccc2S(=O)(=O)C1(C)C. The van der Waals surface area contributed by atoms with Gasteiger partial charge in [-0.2, -0.15) is 0 Å².